The van der Waals surface area contributed by atoms with E-state index in [0.717, 1.165) is 38.4 Å². The largest absolute Gasteiger partial charge is 0.335 e. The van der Waals surface area contributed by atoms with Crippen molar-refractivity contribution >= 4 is 52.1 Å². The van der Waals surface area contributed by atoms with Crippen molar-refractivity contribution in [2.75, 3.05) is 56.5 Å². The van der Waals surface area contributed by atoms with Crippen LogP contribution >= 0.6 is 23.8 Å². The number of piperazine rings is 1. The number of thiocarbonyl (C=S) groups is 1. The summed E-state index contributed by atoms with van der Waals surface area (Å²) in [4.78, 5) is 34.4. The molecule has 2 aromatic rings. The topological polar surface area (TPSA) is 59.1 Å². The summed E-state index contributed by atoms with van der Waals surface area (Å²) in [6.45, 7) is 5.39. The van der Waals surface area contributed by atoms with Gasteiger partial charge in [-0.3, -0.25) is 19.4 Å². The lowest BCUT2D eigenvalue weighted by atomic mass is 10.1. The summed E-state index contributed by atoms with van der Waals surface area (Å²) >= 11 is 11.7. The van der Waals surface area contributed by atoms with Crippen LogP contribution in [0.15, 0.2) is 54.6 Å². The van der Waals surface area contributed by atoms with Crippen LogP contribution in [0.1, 0.15) is 6.42 Å². The number of carbonyl (C=O) groups is 2. The second-order valence-electron chi connectivity index (χ2n) is 8.41. The zero-order chi connectivity index (χ0) is 23.4. The highest BCUT2D eigenvalue weighted by atomic mass is 35.5. The summed E-state index contributed by atoms with van der Waals surface area (Å²) in [5, 5.41) is 3.91. The van der Waals surface area contributed by atoms with E-state index in [9.17, 15) is 9.59 Å². The standard InChI is InChI=1S/C24H28ClN5O2S/c1-27-11-13-28(14-12-27)15-16-29-21(17-22(31)26-19-9-7-18(25)8-10-19)23(32)30(24(29)33)20-5-3-2-4-6-20/h2-10,21H,11-17H2,1H3,(H,26,31)/t21-/m0/s1. The van der Waals surface area contributed by atoms with Crippen molar-refractivity contribution in [1.29, 1.82) is 0 Å². The summed E-state index contributed by atoms with van der Waals surface area (Å²) in [5.41, 5.74) is 1.36. The predicted molar refractivity (Wildman–Crippen MR) is 136 cm³/mol. The normalized spacial score (nSPS) is 19.9. The van der Waals surface area contributed by atoms with E-state index in [0.29, 0.717) is 22.4 Å². The second-order valence-corrected chi connectivity index (χ2v) is 9.21. The molecule has 2 aliphatic rings. The Labute approximate surface area is 204 Å². The number of halogens is 1. The maximum absolute atomic E-state index is 13.4. The number of rotatable bonds is 7. The van der Waals surface area contributed by atoms with Crippen molar-refractivity contribution < 1.29 is 9.59 Å². The number of benzene rings is 2. The molecule has 174 valence electrons. The molecule has 1 atom stereocenters. The Hall–Kier alpha value is -2.52. The highest BCUT2D eigenvalue weighted by molar-refractivity contribution is 7.80. The van der Waals surface area contributed by atoms with Gasteiger partial charge in [-0.2, -0.15) is 0 Å². The van der Waals surface area contributed by atoms with E-state index in [1.807, 2.05) is 35.2 Å². The third-order valence-electron chi connectivity index (χ3n) is 6.09. The van der Waals surface area contributed by atoms with Crippen molar-refractivity contribution in [2.45, 2.75) is 12.5 Å². The quantitative estimate of drug-likeness (QED) is 0.608. The number of carbonyl (C=O) groups excluding carboxylic acids is 2. The van der Waals surface area contributed by atoms with Crippen molar-refractivity contribution in [3.05, 3.63) is 59.6 Å². The lowest BCUT2D eigenvalue weighted by molar-refractivity contribution is -0.124. The van der Waals surface area contributed by atoms with Gasteiger partial charge in [-0.15, -0.1) is 0 Å². The fourth-order valence-corrected chi connectivity index (χ4v) is 4.68. The van der Waals surface area contributed by atoms with Crippen LogP contribution in [0.3, 0.4) is 0 Å². The minimum atomic E-state index is -0.641. The number of para-hydroxylation sites is 1. The Bertz CT molecular complexity index is 996. The van der Waals surface area contributed by atoms with Gasteiger partial charge in [0.15, 0.2) is 5.11 Å². The van der Waals surface area contributed by atoms with Crippen LogP contribution in [-0.2, 0) is 9.59 Å². The number of anilines is 2. The van der Waals surface area contributed by atoms with E-state index < -0.39 is 6.04 Å². The molecule has 2 fully saturated rings. The maximum Gasteiger partial charge on any atom is 0.256 e. The minimum absolute atomic E-state index is 0.0215. The molecule has 2 aliphatic heterocycles. The van der Waals surface area contributed by atoms with Gasteiger partial charge in [-0.05, 0) is 55.7 Å². The second kappa shape index (κ2) is 10.6. The Kier molecular flexibility index (Phi) is 7.60. The molecular formula is C24H28ClN5O2S. The Morgan fingerprint density at radius 2 is 1.70 bits per heavy atom. The first-order valence-corrected chi connectivity index (χ1v) is 11.9. The third kappa shape index (κ3) is 5.70. The molecule has 9 heteroatoms. The van der Waals surface area contributed by atoms with E-state index in [2.05, 4.69) is 22.2 Å². The lowest BCUT2D eigenvalue weighted by Gasteiger charge is -2.34. The molecule has 0 radical (unpaired) electrons. The van der Waals surface area contributed by atoms with Crippen LogP contribution < -0.4 is 10.2 Å². The third-order valence-corrected chi connectivity index (χ3v) is 6.76. The molecule has 0 unspecified atom stereocenters. The zero-order valence-electron chi connectivity index (χ0n) is 18.6. The molecule has 2 heterocycles. The van der Waals surface area contributed by atoms with Crippen LogP contribution in [-0.4, -0.2) is 84.0 Å². The fraction of sp³-hybridized carbons (Fsp3) is 0.375. The molecule has 0 saturated carbocycles. The van der Waals surface area contributed by atoms with Crippen molar-refractivity contribution in [2.24, 2.45) is 0 Å². The van der Waals surface area contributed by atoms with Crippen LogP contribution in [0, 0.1) is 0 Å². The highest BCUT2D eigenvalue weighted by Crippen LogP contribution is 2.27. The Morgan fingerprint density at radius 3 is 2.36 bits per heavy atom. The number of hydrogen-bond donors (Lipinski definition) is 1. The smallest absolute Gasteiger partial charge is 0.256 e. The molecule has 0 aliphatic carbocycles. The fourth-order valence-electron chi connectivity index (χ4n) is 4.14. The lowest BCUT2D eigenvalue weighted by Crippen LogP contribution is -2.48. The predicted octanol–water partition coefficient (Wildman–Crippen LogP) is 2.92. The van der Waals surface area contributed by atoms with Crippen molar-refractivity contribution in [3.8, 4) is 0 Å². The van der Waals surface area contributed by atoms with Gasteiger partial charge >= 0.3 is 0 Å². The van der Waals surface area contributed by atoms with Gasteiger partial charge < -0.3 is 15.1 Å². The molecule has 0 aromatic heterocycles. The molecule has 2 aromatic carbocycles. The van der Waals surface area contributed by atoms with Gasteiger partial charge in [-0.1, -0.05) is 29.8 Å². The molecule has 4 rings (SSSR count). The number of likely N-dealkylation sites (N-methyl/N-ethyl adjacent to an activating group) is 1. The summed E-state index contributed by atoms with van der Waals surface area (Å²) in [6, 6.07) is 15.6. The van der Waals surface area contributed by atoms with E-state index in [1.54, 1.807) is 29.2 Å². The summed E-state index contributed by atoms with van der Waals surface area (Å²) in [7, 11) is 2.12. The molecule has 2 saturated heterocycles. The average Bonchev–Trinajstić information content (AvgIpc) is 3.04. The van der Waals surface area contributed by atoms with Crippen LogP contribution in [0.4, 0.5) is 11.4 Å². The molecule has 0 spiro atoms. The van der Waals surface area contributed by atoms with E-state index in [-0.39, 0.29) is 18.2 Å². The Morgan fingerprint density at radius 1 is 1.03 bits per heavy atom. The number of hydrogen-bond acceptors (Lipinski definition) is 5. The van der Waals surface area contributed by atoms with Gasteiger partial charge in [0.1, 0.15) is 6.04 Å². The van der Waals surface area contributed by atoms with Crippen molar-refractivity contribution in [3.63, 3.8) is 0 Å². The van der Waals surface area contributed by atoms with Crippen LogP contribution in [0.25, 0.3) is 0 Å². The number of nitrogens with zero attached hydrogens (tertiary/aromatic N) is 4. The van der Waals surface area contributed by atoms with Crippen LogP contribution in [0.5, 0.6) is 0 Å². The zero-order valence-corrected chi connectivity index (χ0v) is 20.2. The first-order valence-electron chi connectivity index (χ1n) is 11.1. The van der Waals surface area contributed by atoms with E-state index in [4.69, 9.17) is 23.8 Å². The molecule has 33 heavy (non-hydrogen) atoms. The monoisotopic (exact) mass is 485 g/mol. The van der Waals surface area contributed by atoms with Crippen molar-refractivity contribution in [1.82, 2.24) is 14.7 Å². The summed E-state index contributed by atoms with van der Waals surface area (Å²) in [5.74, 6) is -0.409. The Balaban J connectivity index is 1.48. The summed E-state index contributed by atoms with van der Waals surface area (Å²) < 4.78 is 0. The first kappa shape index (κ1) is 23.6. The van der Waals surface area contributed by atoms with Gasteiger partial charge in [0, 0.05) is 50.0 Å². The van der Waals surface area contributed by atoms with Gasteiger partial charge in [0.25, 0.3) is 5.91 Å². The van der Waals surface area contributed by atoms with E-state index in [1.165, 1.54) is 0 Å². The molecular weight excluding hydrogens is 458 g/mol. The van der Waals surface area contributed by atoms with Gasteiger partial charge in [-0.25, -0.2) is 0 Å². The first-order chi connectivity index (χ1) is 15.9. The average molecular weight is 486 g/mol. The minimum Gasteiger partial charge on any atom is -0.335 e. The number of nitrogens with one attached hydrogen (secondary N) is 1. The molecule has 1 N–H and O–H groups in total. The van der Waals surface area contributed by atoms with E-state index >= 15 is 0 Å². The van der Waals surface area contributed by atoms with Gasteiger partial charge in [0.2, 0.25) is 5.91 Å². The number of amides is 2. The highest BCUT2D eigenvalue weighted by Gasteiger charge is 2.44. The maximum atomic E-state index is 13.4. The van der Waals surface area contributed by atoms with Gasteiger partial charge in [0.05, 0.1) is 12.1 Å². The molecule has 0 bridgehead atoms. The van der Waals surface area contributed by atoms with Crippen LogP contribution in [0.2, 0.25) is 5.02 Å². The SMILES string of the molecule is CN1CCN(CCN2C(=S)N(c3ccccc3)C(=O)[C@@H]2CC(=O)Nc2ccc(Cl)cc2)CC1. The molecule has 7 nitrogen and oxygen atoms in total. The summed E-state index contributed by atoms with van der Waals surface area (Å²) in [6.07, 6.45) is 0.0215. The molecule has 2 amide bonds.